The molecule has 0 fully saturated rings. The van der Waals surface area contributed by atoms with E-state index in [0.717, 1.165) is 16.5 Å². The molecular formula is C17H24N2O3. The second kappa shape index (κ2) is 6.40. The van der Waals surface area contributed by atoms with Crippen molar-refractivity contribution in [3.8, 4) is 0 Å². The van der Waals surface area contributed by atoms with E-state index in [9.17, 15) is 9.90 Å². The van der Waals surface area contributed by atoms with Crippen LogP contribution < -0.4 is 0 Å². The number of rotatable bonds is 4. The number of aromatic nitrogens is 1. The van der Waals surface area contributed by atoms with Crippen LogP contribution in [0.3, 0.4) is 0 Å². The Hall–Kier alpha value is -2.01. The van der Waals surface area contributed by atoms with Crippen LogP contribution in [0.4, 0.5) is 4.79 Å². The fourth-order valence-electron chi connectivity index (χ4n) is 2.28. The second-order valence-electron chi connectivity index (χ2n) is 6.50. The highest BCUT2D eigenvalue weighted by atomic mass is 16.6. The molecule has 0 radical (unpaired) electrons. The quantitative estimate of drug-likeness (QED) is 0.911. The van der Waals surface area contributed by atoms with Gasteiger partial charge in [-0.15, -0.1) is 0 Å². The summed E-state index contributed by atoms with van der Waals surface area (Å²) in [5.41, 5.74) is 1.43. The number of ether oxygens (including phenoxy) is 1. The molecule has 1 amide bonds. The van der Waals surface area contributed by atoms with Gasteiger partial charge >= 0.3 is 6.09 Å². The molecule has 1 aromatic heterocycles. The van der Waals surface area contributed by atoms with Crippen LogP contribution in [0.25, 0.3) is 10.9 Å². The molecule has 0 saturated carbocycles. The van der Waals surface area contributed by atoms with Gasteiger partial charge in [0.15, 0.2) is 0 Å². The molecule has 0 spiro atoms. The van der Waals surface area contributed by atoms with Crippen LogP contribution in [0.1, 0.15) is 33.3 Å². The lowest BCUT2D eigenvalue weighted by Gasteiger charge is -2.31. The summed E-state index contributed by atoms with van der Waals surface area (Å²) in [7, 11) is 0. The number of nitrogens with zero attached hydrogens (tertiary/aromatic N) is 1. The molecule has 0 saturated heterocycles. The first-order valence-corrected chi connectivity index (χ1v) is 7.47. The maximum absolute atomic E-state index is 12.4. The van der Waals surface area contributed by atoms with Crippen LogP contribution in [-0.2, 0) is 11.3 Å². The smallest absolute Gasteiger partial charge is 0.410 e. The molecule has 2 aromatic rings. The lowest BCUT2D eigenvalue weighted by molar-refractivity contribution is 0.00947. The first kappa shape index (κ1) is 16.4. The zero-order valence-electron chi connectivity index (χ0n) is 13.6. The van der Waals surface area contributed by atoms with Gasteiger partial charge in [0.1, 0.15) is 5.60 Å². The molecule has 0 aliphatic heterocycles. The number of benzene rings is 1. The summed E-state index contributed by atoms with van der Waals surface area (Å²) in [5, 5.41) is 10.5. The number of carbonyl (C=O) groups excluding carboxylic acids is 1. The van der Waals surface area contributed by atoms with Gasteiger partial charge in [0.2, 0.25) is 0 Å². The fraction of sp³-hybridized carbons (Fsp3) is 0.471. The summed E-state index contributed by atoms with van der Waals surface area (Å²) in [6, 6.07) is 7.62. The van der Waals surface area contributed by atoms with Crippen molar-refractivity contribution < 1.29 is 14.6 Å². The molecule has 5 nitrogen and oxygen atoms in total. The number of amides is 1. The van der Waals surface area contributed by atoms with Crippen LogP contribution in [0.15, 0.2) is 30.5 Å². The Morgan fingerprint density at radius 3 is 2.73 bits per heavy atom. The molecular weight excluding hydrogens is 280 g/mol. The number of aliphatic hydroxyl groups excluding tert-OH is 1. The molecule has 120 valence electrons. The van der Waals surface area contributed by atoms with E-state index >= 15 is 0 Å². The van der Waals surface area contributed by atoms with Crippen LogP contribution in [0, 0.1) is 0 Å². The Kier molecular flexibility index (Phi) is 4.76. The van der Waals surface area contributed by atoms with E-state index in [4.69, 9.17) is 4.74 Å². The molecule has 0 bridgehead atoms. The van der Waals surface area contributed by atoms with E-state index in [2.05, 4.69) is 4.98 Å². The van der Waals surface area contributed by atoms with E-state index in [1.165, 1.54) is 0 Å². The number of nitrogens with one attached hydrogen (secondary N) is 1. The number of carbonyl (C=O) groups is 1. The van der Waals surface area contributed by atoms with Gasteiger partial charge in [-0.25, -0.2) is 4.79 Å². The molecule has 0 unspecified atom stereocenters. The summed E-state index contributed by atoms with van der Waals surface area (Å²) >= 11 is 0. The minimum Gasteiger partial charge on any atom is -0.444 e. The number of aliphatic hydroxyl groups is 1. The van der Waals surface area contributed by atoms with Crippen molar-refractivity contribution in [1.29, 1.82) is 0 Å². The van der Waals surface area contributed by atoms with Crippen LogP contribution >= 0.6 is 0 Å². The average Bonchev–Trinajstić information content (AvgIpc) is 2.91. The van der Waals surface area contributed by atoms with Crippen molar-refractivity contribution in [2.45, 2.75) is 45.9 Å². The third kappa shape index (κ3) is 3.80. The highest BCUT2D eigenvalue weighted by Crippen LogP contribution is 2.21. The van der Waals surface area contributed by atoms with Gasteiger partial charge in [-0.1, -0.05) is 18.2 Å². The number of hydrogen-bond acceptors (Lipinski definition) is 3. The van der Waals surface area contributed by atoms with Crippen molar-refractivity contribution in [2.24, 2.45) is 0 Å². The lowest BCUT2D eigenvalue weighted by atomic mass is 10.1. The van der Waals surface area contributed by atoms with E-state index < -0.39 is 11.7 Å². The summed E-state index contributed by atoms with van der Waals surface area (Å²) < 4.78 is 5.45. The number of fused-ring (bicyclic) bond motifs is 1. The van der Waals surface area contributed by atoms with Gasteiger partial charge in [0, 0.05) is 6.20 Å². The predicted molar refractivity (Wildman–Crippen MR) is 86.6 cm³/mol. The number of hydrogen-bond donors (Lipinski definition) is 2. The highest BCUT2D eigenvalue weighted by Gasteiger charge is 2.26. The monoisotopic (exact) mass is 304 g/mol. The molecule has 2 rings (SSSR count). The van der Waals surface area contributed by atoms with Gasteiger partial charge < -0.3 is 14.8 Å². The predicted octanol–water partition coefficient (Wildman–Crippen LogP) is 3.29. The third-order valence-corrected chi connectivity index (χ3v) is 3.44. The summed E-state index contributed by atoms with van der Waals surface area (Å²) in [6.07, 6.45) is 1.46. The third-order valence-electron chi connectivity index (χ3n) is 3.44. The number of aromatic amines is 1. The van der Waals surface area contributed by atoms with Crippen LogP contribution in [-0.4, -0.2) is 39.3 Å². The zero-order chi connectivity index (χ0) is 16.3. The number of para-hydroxylation sites is 1. The topological polar surface area (TPSA) is 65.6 Å². The lowest BCUT2D eigenvalue weighted by Crippen LogP contribution is -2.43. The molecule has 2 N–H and O–H groups in total. The summed E-state index contributed by atoms with van der Waals surface area (Å²) in [6.45, 7) is 7.57. The molecule has 5 heteroatoms. The van der Waals surface area contributed by atoms with Crippen molar-refractivity contribution >= 4 is 17.0 Å². The van der Waals surface area contributed by atoms with E-state index in [-0.39, 0.29) is 12.6 Å². The fourth-order valence-corrected chi connectivity index (χ4v) is 2.28. The van der Waals surface area contributed by atoms with Gasteiger partial charge in [-0.2, -0.15) is 0 Å². The van der Waals surface area contributed by atoms with Crippen LogP contribution in [0.5, 0.6) is 0 Å². The summed E-state index contributed by atoms with van der Waals surface area (Å²) in [5.74, 6) is 0. The van der Waals surface area contributed by atoms with Gasteiger partial charge in [0.25, 0.3) is 0 Å². The maximum Gasteiger partial charge on any atom is 0.410 e. The Labute approximate surface area is 130 Å². The van der Waals surface area contributed by atoms with E-state index in [1.807, 2.05) is 51.2 Å². The standard InChI is InChI=1S/C17H24N2O3/c1-12(11-20)19(16(21)22-17(2,3)4)10-14-7-5-6-13-8-9-18-15(13)14/h5-9,12,18,20H,10-11H2,1-4H3/t12-/m1/s1. The first-order chi connectivity index (χ1) is 10.3. The molecule has 1 heterocycles. The van der Waals surface area contributed by atoms with Crippen molar-refractivity contribution in [3.05, 3.63) is 36.0 Å². The van der Waals surface area contributed by atoms with Crippen LogP contribution in [0.2, 0.25) is 0 Å². The minimum absolute atomic E-state index is 0.111. The first-order valence-electron chi connectivity index (χ1n) is 7.47. The van der Waals surface area contributed by atoms with E-state index in [0.29, 0.717) is 6.54 Å². The number of H-pyrrole nitrogens is 1. The Bertz CT molecular complexity index is 643. The van der Waals surface area contributed by atoms with Crippen molar-refractivity contribution in [1.82, 2.24) is 9.88 Å². The van der Waals surface area contributed by atoms with Gasteiger partial charge in [-0.3, -0.25) is 4.90 Å². The SMILES string of the molecule is C[C@H](CO)N(Cc1cccc2cc[nH]c12)C(=O)OC(C)(C)C. The Balaban J connectivity index is 2.27. The minimum atomic E-state index is -0.567. The second-order valence-corrected chi connectivity index (χ2v) is 6.50. The van der Waals surface area contributed by atoms with Crippen molar-refractivity contribution in [2.75, 3.05) is 6.61 Å². The molecule has 1 aromatic carbocycles. The average molecular weight is 304 g/mol. The Morgan fingerprint density at radius 2 is 2.09 bits per heavy atom. The van der Waals surface area contributed by atoms with Crippen molar-refractivity contribution in [3.63, 3.8) is 0 Å². The molecule has 0 aliphatic rings. The van der Waals surface area contributed by atoms with E-state index in [1.54, 1.807) is 11.8 Å². The summed E-state index contributed by atoms with van der Waals surface area (Å²) in [4.78, 5) is 17.2. The van der Waals surface area contributed by atoms with Gasteiger partial charge in [-0.05, 0) is 44.7 Å². The highest BCUT2D eigenvalue weighted by molar-refractivity contribution is 5.82. The zero-order valence-corrected chi connectivity index (χ0v) is 13.6. The normalized spacial score (nSPS) is 13.1. The maximum atomic E-state index is 12.4. The van der Waals surface area contributed by atoms with Gasteiger partial charge in [0.05, 0.1) is 24.7 Å². The largest absolute Gasteiger partial charge is 0.444 e. The molecule has 22 heavy (non-hydrogen) atoms. The molecule has 1 atom stereocenters. The molecule has 0 aliphatic carbocycles. The Morgan fingerprint density at radius 1 is 1.36 bits per heavy atom.